The van der Waals surface area contributed by atoms with Crippen LogP contribution in [-0.2, 0) is 6.42 Å². The molecule has 0 aliphatic heterocycles. The Bertz CT molecular complexity index is 615. The van der Waals surface area contributed by atoms with Crippen molar-refractivity contribution in [1.82, 2.24) is 0 Å². The first-order chi connectivity index (χ1) is 10.0. The largest absolute Gasteiger partial charge is 0.344 e. The Morgan fingerprint density at radius 2 is 2.00 bits per heavy atom. The third-order valence-corrected chi connectivity index (χ3v) is 3.85. The van der Waals surface area contributed by atoms with Crippen LogP contribution in [0, 0.1) is 5.82 Å². The molecular formula is C17H20ClFN2. The Labute approximate surface area is 130 Å². The van der Waals surface area contributed by atoms with Gasteiger partial charge in [0.1, 0.15) is 5.82 Å². The second-order valence-electron chi connectivity index (χ2n) is 5.18. The Hall–Kier alpha value is -1.58. The van der Waals surface area contributed by atoms with E-state index in [-0.39, 0.29) is 11.9 Å². The fraction of sp³-hybridized carbons (Fsp3) is 0.294. The van der Waals surface area contributed by atoms with Crippen LogP contribution in [0.15, 0.2) is 42.5 Å². The second kappa shape index (κ2) is 6.92. The maximum Gasteiger partial charge on any atom is 0.125 e. The van der Waals surface area contributed by atoms with E-state index in [1.54, 1.807) is 6.07 Å². The summed E-state index contributed by atoms with van der Waals surface area (Å²) in [6.07, 6.45) is 1.68. The van der Waals surface area contributed by atoms with Crippen molar-refractivity contribution in [1.29, 1.82) is 0 Å². The van der Waals surface area contributed by atoms with Crippen LogP contribution in [0.4, 0.5) is 15.8 Å². The molecule has 0 bridgehead atoms. The van der Waals surface area contributed by atoms with Gasteiger partial charge in [-0.2, -0.15) is 0 Å². The molecule has 0 saturated carbocycles. The molecule has 0 fully saturated rings. The fourth-order valence-electron chi connectivity index (χ4n) is 2.27. The van der Waals surface area contributed by atoms with E-state index in [0.717, 1.165) is 29.8 Å². The van der Waals surface area contributed by atoms with Gasteiger partial charge in [-0.15, -0.1) is 0 Å². The highest BCUT2D eigenvalue weighted by molar-refractivity contribution is 6.30. The van der Waals surface area contributed by atoms with Gasteiger partial charge in [0.05, 0.1) is 0 Å². The van der Waals surface area contributed by atoms with Gasteiger partial charge in [-0.1, -0.05) is 30.7 Å². The Balaban J connectivity index is 2.39. The lowest BCUT2D eigenvalue weighted by atomic mass is 10.0. The molecule has 0 amide bonds. The quantitative estimate of drug-likeness (QED) is 0.879. The zero-order chi connectivity index (χ0) is 15.4. The minimum Gasteiger partial charge on any atom is -0.344 e. The number of hydrogen-bond donors (Lipinski definition) is 1. The Morgan fingerprint density at radius 3 is 2.67 bits per heavy atom. The molecule has 2 aromatic carbocycles. The first-order valence-corrected chi connectivity index (χ1v) is 7.42. The molecule has 21 heavy (non-hydrogen) atoms. The number of nitrogens with two attached hydrogens (primary N) is 1. The van der Waals surface area contributed by atoms with Gasteiger partial charge in [-0.25, -0.2) is 4.39 Å². The Kier molecular flexibility index (Phi) is 5.21. The highest BCUT2D eigenvalue weighted by Crippen LogP contribution is 2.31. The van der Waals surface area contributed by atoms with Crippen LogP contribution in [0.5, 0.6) is 0 Å². The van der Waals surface area contributed by atoms with Gasteiger partial charge in [0, 0.05) is 29.5 Å². The van der Waals surface area contributed by atoms with E-state index in [2.05, 4.69) is 6.92 Å². The summed E-state index contributed by atoms with van der Waals surface area (Å²) in [4.78, 5) is 1.94. The number of nitrogens with zero attached hydrogens (tertiary/aromatic N) is 1. The number of anilines is 2. The zero-order valence-electron chi connectivity index (χ0n) is 12.3. The van der Waals surface area contributed by atoms with Crippen LogP contribution in [-0.4, -0.2) is 13.1 Å². The third kappa shape index (κ3) is 3.96. The van der Waals surface area contributed by atoms with Crippen molar-refractivity contribution >= 4 is 23.0 Å². The molecule has 2 nitrogen and oxygen atoms in total. The van der Waals surface area contributed by atoms with E-state index in [9.17, 15) is 4.39 Å². The standard InChI is InChI=1S/C17H20ClFN2/c1-3-15(20)9-12-7-8-13(18)10-17(12)21(2)16-6-4-5-14(19)11-16/h4-8,10-11,15H,3,9,20H2,1-2H3. The predicted molar refractivity (Wildman–Crippen MR) is 87.9 cm³/mol. The molecule has 0 aliphatic carbocycles. The van der Waals surface area contributed by atoms with E-state index in [1.165, 1.54) is 12.1 Å². The molecule has 0 aliphatic rings. The van der Waals surface area contributed by atoms with E-state index in [4.69, 9.17) is 17.3 Å². The molecule has 2 rings (SSSR count). The molecule has 1 unspecified atom stereocenters. The molecule has 1 atom stereocenters. The van der Waals surface area contributed by atoms with Crippen molar-refractivity contribution in [2.75, 3.05) is 11.9 Å². The van der Waals surface area contributed by atoms with Gasteiger partial charge >= 0.3 is 0 Å². The molecule has 0 aromatic heterocycles. The molecule has 2 N–H and O–H groups in total. The normalized spacial score (nSPS) is 12.2. The summed E-state index contributed by atoms with van der Waals surface area (Å²) in [5.74, 6) is -0.256. The molecule has 0 heterocycles. The predicted octanol–water partition coefficient (Wildman–Crippen LogP) is 4.53. The first kappa shape index (κ1) is 15.8. The average Bonchev–Trinajstić information content (AvgIpc) is 2.48. The third-order valence-electron chi connectivity index (χ3n) is 3.61. The van der Waals surface area contributed by atoms with Crippen LogP contribution in [0.3, 0.4) is 0 Å². The van der Waals surface area contributed by atoms with Gasteiger partial charge in [0.25, 0.3) is 0 Å². The summed E-state index contributed by atoms with van der Waals surface area (Å²) in [5.41, 5.74) is 8.91. The minimum absolute atomic E-state index is 0.103. The maximum atomic E-state index is 13.4. The monoisotopic (exact) mass is 306 g/mol. The number of hydrogen-bond acceptors (Lipinski definition) is 2. The van der Waals surface area contributed by atoms with Gasteiger partial charge in [0.15, 0.2) is 0 Å². The number of benzene rings is 2. The topological polar surface area (TPSA) is 29.3 Å². The van der Waals surface area contributed by atoms with Gasteiger partial charge in [0.2, 0.25) is 0 Å². The van der Waals surface area contributed by atoms with Crippen LogP contribution < -0.4 is 10.6 Å². The highest BCUT2D eigenvalue weighted by Gasteiger charge is 2.13. The fourth-order valence-corrected chi connectivity index (χ4v) is 2.44. The number of rotatable bonds is 5. The van der Waals surface area contributed by atoms with Crippen molar-refractivity contribution in [3.05, 3.63) is 58.9 Å². The molecular weight excluding hydrogens is 287 g/mol. The van der Waals surface area contributed by atoms with Gasteiger partial charge in [-0.3, -0.25) is 0 Å². The molecule has 0 radical (unpaired) electrons. The smallest absolute Gasteiger partial charge is 0.125 e. The first-order valence-electron chi connectivity index (χ1n) is 7.04. The lowest BCUT2D eigenvalue weighted by Gasteiger charge is -2.24. The maximum absolute atomic E-state index is 13.4. The van der Waals surface area contributed by atoms with E-state index < -0.39 is 0 Å². The Morgan fingerprint density at radius 1 is 1.24 bits per heavy atom. The minimum atomic E-state index is -0.256. The van der Waals surface area contributed by atoms with E-state index in [1.807, 2.05) is 36.2 Å². The lowest BCUT2D eigenvalue weighted by molar-refractivity contribution is 0.627. The van der Waals surface area contributed by atoms with Crippen LogP contribution in [0.25, 0.3) is 0 Å². The van der Waals surface area contributed by atoms with Crippen LogP contribution >= 0.6 is 11.6 Å². The lowest BCUT2D eigenvalue weighted by Crippen LogP contribution is -2.23. The number of halogens is 2. The van der Waals surface area contributed by atoms with Crippen molar-refractivity contribution in [2.45, 2.75) is 25.8 Å². The van der Waals surface area contributed by atoms with E-state index in [0.29, 0.717) is 5.02 Å². The summed E-state index contributed by atoms with van der Waals surface area (Å²) in [6, 6.07) is 12.4. The average molecular weight is 307 g/mol. The summed E-state index contributed by atoms with van der Waals surface area (Å²) >= 11 is 6.12. The van der Waals surface area contributed by atoms with Crippen LogP contribution in [0.2, 0.25) is 5.02 Å². The van der Waals surface area contributed by atoms with Crippen molar-refractivity contribution in [3.63, 3.8) is 0 Å². The van der Waals surface area contributed by atoms with Crippen LogP contribution in [0.1, 0.15) is 18.9 Å². The van der Waals surface area contributed by atoms with Crippen molar-refractivity contribution in [3.8, 4) is 0 Å². The summed E-state index contributed by atoms with van der Waals surface area (Å²) < 4.78 is 13.4. The summed E-state index contributed by atoms with van der Waals surface area (Å²) in [5, 5.41) is 0.655. The molecule has 112 valence electrons. The molecule has 4 heteroatoms. The second-order valence-corrected chi connectivity index (χ2v) is 5.62. The van der Waals surface area contributed by atoms with Gasteiger partial charge in [-0.05, 0) is 48.7 Å². The molecule has 0 spiro atoms. The van der Waals surface area contributed by atoms with Crippen molar-refractivity contribution < 1.29 is 4.39 Å². The van der Waals surface area contributed by atoms with E-state index >= 15 is 0 Å². The summed E-state index contributed by atoms with van der Waals surface area (Å²) in [6.45, 7) is 2.07. The summed E-state index contributed by atoms with van der Waals surface area (Å²) in [7, 11) is 1.90. The zero-order valence-corrected chi connectivity index (χ0v) is 13.1. The SMILES string of the molecule is CCC(N)Cc1ccc(Cl)cc1N(C)c1cccc(F)c1. The highest BCUT2D eigenvalue weighted by atomic mass is 35.5. The van der Waals surface area contributed by atoms with Gasteiger partial charge < -0.3 is 10.6 Å². The van der Waals surface area contributed by atoms with Crippen molar-refractivity contribution in [2.24, 2.45) is 5.73 Å². The molecule has 2 aromatic rings. The molecule has 0 saturated heterocycles.